The number of hydrogen-bond donors (Lipinski definition) is 3. The fourth-order valence-electron chi connectivity index (χ4n) is 2.97. The van der Waals surface area contributed by atoms with Gasteiger partial charge in [-0.15, -0.1) is 0 Å². The van der Waals surface area contributed by atoms with Crippen LogP contribution in [-0.2, 0) is 4.79 Å². The highest BCUT2D eigenvalue weighted by Gasteiger charge is 2.15. The van der Waals surface area contributed by atoms with E-state index >= 15 is 0 Å². The van der Waals surface area contributed by atoms with Crippen LogP contribution in [0.2, 0.25) is 0 Å². The van der Waals surface area contributed by atoms with Crippen LogP contribution >= 0.6 is 0 Å². The molecule has 3 rings (SSSR count). The van der Waals surface area contributed by atoms with Crippen LogP contribution < -0.4 is 25.4 Å². The normalized spacial score (nSPS) is 9.91. The number of ether oxygens (including phenoxy) is 2. The smallest absolute Gasteiger partial charge is 0.257 e. The van der Waals surface area contributed by atoms with E-state index in [1.54, 1.807) is 73.8 Å². The Morgan fingerprint density at radius 3 is 2.47 bits per heavy atom. The van der Waals surface area contributed by atoms with Gasteiger partial charge in [-0.2, -0.15) is 5.26 Å². The van der Waals surface area contributed by atoms with E-state index in [1.807, 2.05) is 6.07 Å². The van der Waals surface area contributed by atoms with Crippen molar-refractivity contribution in [1.29, 1.82) is 5.26 Å². The molecule has 0 unspecified atom stereocenters. The third-order valence-electron chi connectivity index (χ3n) is 4.54. The summed E-state index contributed by atoms with van der Waals surface area (Å²) in [5.41, 5.74) is 2.33. The van der Waals surface area contributed by atoms with E-state index in [0.717, 1.165) is 0 Å². The topological polar surface area (TPSA) is 112 Å². The summed E-state index contributed by atoms with van der Waals surface area (Å²) in [6, 6.07) is 20.6. The van der Waals surface area contributed by atoms with Crippen LogP contribution in [0.3, 0.4) is 0 Å². The van der Waals surface area contributed by atoms with Gasteiger partial charge in [0.15, 0.2) is 0 Å². The van der Waals surface area contributed by atoms with Crippen LogP contribution in [0.25, 0.3) is 0 Å². The maximum absolute atomic E-state index is 12.9. The fourth-order valence-corrected chi connectivity index (χ4v) is 2.97. The number of benzene rings is 3. The SMILES string of the molecule is COc1ccc(NC(=O)c2ccccc2NCC(=O)Nc2cccc(C#N)c2)c(OC)c1. The number of para-hydroxylation sites is 1. The summed E-state index contributed by atoms with van der Waals surface area (Å²) in [6.45, 7) is -0.0626. The Hall–Kier alpha value is -4.51. The molecule has 8 nitrogen and oxygen atoms in total. The lowest BCUT2D eigenvalue weighted by atomic mass is 10.1. The Balaban J connectivity index is 1.68. The van der Waals surface area contributed by atoms with Crippen molar-refractivity contribution in [3.05, 3.63) is 77.9 Å². The number of anilines is 3. The van der Waals surface area contributed by atoms with Crippen molar-refractivity contribution in [2.24, 2.45) is 0 Å². The molecule has 0 heterocycles. The predicted octanol–water partition coefficient (Wildman–Crippen LogP) is 3.88. The number of amides is 2. The lowest BCUT2D eigenvalue weighted by molar-refractivity contribution is -0.114. The van der Waals surface area contributed by atoms with Gasteiger partial charge in [0.05, 0.1) is 43.6 Å². The summed E-state index contributed by atoms with van der Waals surface area (Å²) in [4.78, 5) is 25.2. The van der Waals surface area contributed by atoms with Crippen LogP contribution in [0.4, 0.5) is 17.1 Å². The number of nitrogens with one attached hydrogen (secondary N) is 3. The second-order valence-electron chi connectivity index (χ2n) is 6.66. The largest absolute Gasteiger partial charge is 0.497 e. The molecule has 0 aliphatic heterocycles. The number of hydrogen-bond acceptors (Lipinski definition) is 6. The van der Waals surface area contributed by atoms with Gasteiger partial charge >= 0.3 is 0 Å². The van der Waals surface area contributed by atoms with E-state index in [0.29, 0.717) is 39.7 Å². The first kappa shape index (κ1) is 22.2. The van der Waals surface area contributed by atoms with Gasteiger partial charge in [-0.1, -0.05) is 18.2 Å². The van der Waals surface area contributed by atoms with Crippen LogP contribution in [-0.4, -0.2) is 32.6 Å². The molecule has 0 aromatic heterocycles. The van der Waals surface area contributed by atoms with Crippen molar-refractivity contribution in [3.8, 4) is 17.6 Å². The van der Waals surface area contributed by atoms with Crippen LogP contribution in [0.5, 0.6) is 11.5 Å². The maximum Gasteiger partial charge on any atom is 0.257 e. The van der Waals surface area contributed by atoms with Gasteiger partial charge in [-0.25, -0.2) is 0 Å². The molecule has 0 bridgehead atoms. The molecule has 8 heteroatoms. The van der Waals surface area contributed by atoms with Crippen molar-refractivity contribution >= 4 is 28.9 Å². The first-order valence-electron chi connectivity index (χ1n) is 9.70. The molecule has 162 valence electrons. The molecule has 0 aliphatic carbocycles. The molecular formula is C24H22N4O4. The van der Waals surface area contributed by atoms with Gasteiger partial charge < -0.3 is 25.4 Å². The monoisotopic (exact) mass is 430 g/mol. The van der Waals surface area contributed by atoms with E-state index in [9.17, 15) is 9.59 Å². The summed E-state index contributed by atoms with van der Waals surface area (Å²) >= 11 is 0. The molecule has 0 radical (unpaired) electrons. The Kier molecular flexibility index (Phi) is 7.28. The lowest BCUT2D eigenvalue weighted by Gasteiger charge is -2.14. The van der Waals surface area contributed by atoms with Crippen LogP contribution in [0.1, 0.15) is 15.9 Å². The zero-order valence-corrected chi connectivity index (χ0v) is 17.6. The Morgan fingerprint density at radius 1 is 0.906 bits per heavy atom. The summed E-state index contributed by atoms with van der Waals surface area (Å²) in [5.74, 6) is 0.390. The molecular weight excluding hydrogens is 408 g/mol. The van der Waals surface area contributed by atoms with E-state index in [2.05, 4.69) is 16.0 Å². The first-order chi connectivity index (χ1) is 15.5. The Labute approximate surface area is 185 Å². The van der Waals surface area contributed by atoms with Crippen molar-refractivity contribution in [2.45, 2.75) is 0 Å². The molecule has 0 aliphatic rings. The van der Waals surface area contributed by atoms with E-state index in [4.69, 9.17) is 14.7 Å². The highest BCUT2D eigenvalue weighted by atomic mass is 16.5. The number of carbonyl (C=O) groups excluding carboxylic acids is 2. The number of nitrogens with zero attached hydrogens (tertiary/aromatic N) is 1. The third kappa shape index (κ3) is 5.55. The van der Waals surface area contributed by atoms with E-state index in [-0.39, 0.29) is 18.4 Å². The molecule has 3 aromatic carbocycles. The van der Waals surface area contributed by atoms with E-state index < -0.39 is 0 Å². The molecule has 0 spiro atoms. The van der Waals surface area contributed by atoms with Gasteiger partial charge in [0.25, 0.3) is 5.91 Å². The molecule has 0 saturated carbocycles. The molecule has 0 atom stereocenters. The van der Waals surface area contributed by atoms with E-state index in [1.165, 1.54) is 7.11 Å². The summed E-state index contributed by atoms with van der Waals surface area (Å²) in [5, 5.41) is 17.5. The average Bonchev–Trinajstić information content (AvgIpc) is 2.83. The van der Waals surface area contributed by atoms with Crippen LogP contribution in [0, 0.1) is 11.3 Å². The number of nitriles is 1. The third-order valence-corrected chi connectivity index (χ3v) is 4.54. The second-order valence-corrected chi connectivity index (χ2v) is 6.66. The summed E-state index contributed by atoms with van der Waals surface area (Å²) in [6.07, 6.45) is 0. The standard InChI is InChI=1S/C24H22N4O4/c1-31-18-10-11-21(22(13-18)32-2)28-24(30)19-8-3-4-9-20(19)26-15-23(29)27-17-7-5-6-16(12-17)14-25/h3-13,26H,15H2,1-2H3,(H,27,29)(H,28,30). The van der Waals surface area contributed by atoms with Gasteiger partial charge in [0.1, 0.15) is 11.5 Å². The fraction of sp³-hybridized carbons (Fsp3) is 0.125. The molecule has 2 amide bonds. The van der Waals surface area contributed by atoms with Crippen molar-refractivity contribution in [3.63, 3.8) is 0 Å². The average molecular weight is 430 g/mol. The Morgan fingerprint density at radius 2 is 1.72 bits per heavy atom. The Bertz CT molecular complexity index is 1170. The van der Waals surface area contributed by atoms with Gasteiger partial charge in [0.2, 0.25) is 5.91 Å². The lowest BCUT2D eigenvalue weighted by Crippen LogP contribution is -2.23. The van der Waals surface area contributed by atoms with Crippen molar-refractivity contribution < 1.29 is 19.1 Å². The van der Waals surface area contributed by atoms with Crippen molar-refractivity contribution in [1.82, 2.24) is 0 Å². The summed E-state index contributed by atoms with van der Waals surface area (Å²) < 4.78 is 10.5. The molecule has 3 aromatic rings. The number of carbonyl (C=O) groups is 2. The van der Waals surface area contributed by atoms with Gasteiger partial charge in [-0.05, 0) is 42.5 Å². The zero-order chi connectivity index (χ0) is 22.9. The highest BCUT2D eigenvalue weighted by Crippen LogP contribution is 2.30. The van der Waals surface area contributed by atoms with Crippen LogP contribution in [0.15, 0.2) is 66.7 Å². The summed E-state index contributed by atoms with van der Waals surface area (Å²) in [7, 11) is 3.05. The highest BCUT2D eigenvalue weighted by molar-refractivity contribution is 6.09. The molecule has 0 saturated heterocycles. The zero-order valence-electron chi connectivity index (χ0n) is 17.6. The van der Waals surface area contributed by atoms with Crippen molar-refractivity contribution in [2.75, 3.05) is 36.7 Å². The number of methoxy groups -OCH3 is 2. The van der Waals surface area contributed by atoms with Gasteiger partial charge in [-0.3, -0.25) is 9.59 Å². The minimum Gasteiger partial charge on any atom is -0.497 e. The quantitative estimate of drug-likeness (QED) is 0.500. The second kappa shape index (κ2) is 10.5. The minimum atomic E-state index is -0.362. The molecule has 0 fully saturated rings. The minimum absolute atomic E-state index is 0.0626. The molecule has 32 heavy (non-hydrogen) atoms. The first-order valence-corrected chi connectivity index (χ1v) is 9.70. The predicted molar refractivity (Wildman–Crippen MR) is 122 cm³/mol. The van der Waals surface area contributed by atoms with Gasteiger partial charge in [0, 0.05) is 17.4 Å². The molecule has 3 N–H and O–H groups in total. The number of rotatable bonds is 8. The maximum atomic E-state index is 12.9.